The molecule has 1 rings (SSSR count). The number of rotatable bonds is 9. The van der Waals surface area contributed by atoms with Gasteiger partial charge in [-0.1, -0.05) is 6.42 Å². The highest BCUT2D eigenvalue weighted by Gasteiger charge is 2.33. The van der Waals surface area contributed by atoms with Crippen LogP contribution >= 0.6 is 0 Å². The van der Waals surface area contributed by atoms with Crippen molar-refractivity contribution in [1.29, 1.82) is 0 Å². The van der Waals surface area contributed by atoms with Gasteiger partial charge in [0.2, 0.25) is 0 Å². The highest BCUT2D eigenvalue weighted by molar-refractivity contribution is 5.69. The molecule has 1 saturated heterocycles. The second kappa shape index (κ2) is 7.04. The van der Waals surface area contributed by atoms with E-state index in [1.165, 1.54) is 0 Å². The Kier molecular flexibility index (Phi) is 6.01. The molecule has 2 unspecified atom stereocenters. The second-order valence-corrected chi connectivity index (χ2v) is 5.09. The predicted octanol–water partition coefficient (Wildman–Crippen LogP) is -0.328. The van der Waals surface area contributed by atoms with E-state index < -0.39 is 5.41 Å². The first-order chi connectivity index (χ1) is 8.56. The number of unbranched alkanes of at least 4 members (excludes halogenated alkanes) is 1. The molecule has 1 aliphatic heterocycles. The lowest BCUT2D eigenvalue weighted by Gasteiger charge is -2.27. The molecule has 1 heterocycles. The quantitative estimate of drug-likeness (QED) is 0.389. The molecule has 1 fully saturated rings. The number of hydroxylamine groups is 2. The van der Waals surface area contributed by atoms with Crippen LogP contribution in [0.2, 0.25) is 0 Å². The average Bonchev–Trinajstić information content (AvgIpc) is 3.06. The maximum atomic E-state index is 11.4. The van der Waals surface area contributed by atoms with E-state index in [4.69, 9.17) is 20.2 Å². The Morgan fingerprint density at radius 1 is 1.28 bits per heavy atom. The van der Waals surface area contributed by atoms with Crippen LogP contribution in [-0.2, 0) is 9.63 Å². The van der Waals surface area contributed by atoms with Gasteiger partial charge < -0.3 is 20.2 Å². The molecule has 3 N–H and O–H groups in total. The van der Waals surface area contributed by atoms with E-state index in [2.05, 4.69) is 0 Å². The monoisotopic (exact) mass is 261 g/mol. The molecule has 0 aromatic rings. The largest absolute Gasteiger partial charge is 0.396 e. The lowest BCUT2D eigenvalue weighted by molar-refractivity contribution is -0.167. The zero-order valence-electron chi connectivity index (χ0n) is 10.8. The van der Waals surface area contributed by atoms with E-state index in [1.54, 1.807) is 5.06 Å². The molecule has 0 spiro atoms. The van der Waals surface area contributed by atoms with E-state index in [-0.39, 0.29) is 25.8 Å². The van der Waals surface area contributed by atoms with Gasteiger partial charge in [-0.25, -0.2) is 0 Å². The van der Waals surface area contributed by atoms with Crippen LogP contribution in [0, 0.1) is 5.41 Å². The summed E-state index contributed by atoms with van der Waals surface area (Å²) in [5.41, 5.74) is -0.835. The van der Waals surface area contributed by atoms with Crippen molar-refractivity contribution in [3.63, 3.8) is 0 Å². The number of hydrogen-bond donors (Lipinski definition) is 3. The van der Waals surface area contributed by atoms with Crippen LogP contribution in [0.15, 0.2) is 0 Å². The molecule has 0 amide bonds. The zero-order valence-corrected chi connectivity index (χ0v) is 10.8. The maximum absolute atomic E-state index is 11.4. The summed E-state index contributed by atoms with van der Waals surface area (Å²) in [6.45, 7) is 2.01. The van der Waals surface area contributed by atoms with Gasteiger partial charge in [-0.3, -0.25) is 4.79 Å². The lowest BCUT2D eigenvalue weighted by Crippen LogP contribution is -2.33. The Labute approximate surface area is 107 Å². The molecular formula is C12H23NO5. The smallest absolute Gasteiger partial charge is 0.325 e. The van der Waals surface area contributed by atoms with Crippen LogP contribution in [0.4, 0.5) is 0 Å². The summed E-state index contributed by atoms with van der Waals surface area (Å²) in [6.07, 6.45) is 2.10. The van der Waals surface area contributed by atoms with Gasteiger partial charge in [0.1, 0.15) is 0 Å². The molecule has 0 aromatic heterocycles. The van der Waals surface area contributed by atoms with Gasteiger partial charge in [0, 0.05) is 11.8 Å². The van der Waals surface area contributed by atoms with Crippen LogP contribution in [0.5, 0.6) is 0 Å². The molecule has 1 aliphatic rings. The third-order valence-electron chi connectivity index (χ3n) is 3.37. The van der Waals surface area contributed by atoms with E-state index in [0.717, 1.165) is 6.54 Å². The summed E-state index contributed by atoms with van der Waals surface area (Å²) in [6, 6.07) is 0.333. The van der Waals surface area contributed by atoms with Crippen molar-refractivity contribution < 1.29 is 25.0 Å². The first-order valence-electron chi connectivity index (χ1n) is 6.37. The number of aliphatic hydroxyl groups excluding tert-OH is 3. The number of carbonyl (C=O) groups is 1. The number of carbonyl (C=O) groups excluding carboxylic acids is 1. The summed E-state index contributed by atoms with van der Waals surface area (Å²) in [4.78, 5) is 16.4. The van der Waals surface area contributed by atoms with Crippen molar-refractivity contribution in [2.45, 2.75) is 38.6 Å². The van der Waals surface area contributed by atoms with Gasteiger partial charge in [0.05, 0.1) is 32.4 Å². The molecule has 106 valence electrons. The Morgan fingerprint density at radius 2 is 1.83 bits per heavy atom. The Morgan fingerprint density at radius 3 is 2.28 bits per heavy atom. The summed E-state index contributed by atoms with van der Waals surface area (Å²) in [7, 11) is 0. The van der Waals surface area contributed by atoms with Crippen molar-refractivity contribution in [3.8, 4) is 0 Å². The number of hydrogen-bond acceptors (Lipinski definition) is 6. The molecule has 0 aliphatic carbocycles. The molecule has 0 saturated carbocycles. The summed E-state index contributed by atoms with van der Waals surface area (Å²) < 4.78 is 0. The SMILES string of the molecule is CC1CN1OC(=O)CCCCC(CO)(CO)CO. The highest BCUT2D eigenvalue weighted by atomic mass is 16.7. The van der Waals surface area contributed by atoms with Gasteiger partial charge in [0.25, 0.3) is 0 Å². The Hall–Kier alpha value is -0.690. The van der Waals surface area contributed by atoms with Crippen LogP contribution in [0.3, 0.4) is 0 Å². The van der Waals surface area contributed by atoms with Gasteiger partial charge in [-0.15, -0.1) is 5.06 Å². The Balaban J connectivity index is 2.11. The first kappa shape index (κ1) is 15.4. The lowest BCUT2D eigenvalue weighted by atomic mass is 9.85. The molecule has 6 nitrogen and oxygen atoms in total. The topological polar surface area (TPSA) is 90.0 Å². The van der Waals surface area contributed by atoms with Crippen molar-refractivity contribution in [3.05, 3.63) is 0 Å². The molecule has 0 aromatic carbocycles. The van der Waals surface area contributed by atoms with Gasteiger partial charge in [-0.05, 0) is 19.8 Å². The van der Waals surface area contributed by atoms with Crippen LogP contribution in [0.25, 0.3) is 0 Å². The summed E-state index contributed by atoms with van der Waals surface area (Å²) >= 11 is 0. The van der Waals surface area contributed by atoms with Gasteiger partial charge >= 0.3 is 5.97 Å². The van der Waals surface area contributed by atoms with E-state index in [1.807, 2.05) is 6.92 Å². The molecule has 0 bridgehead atoms. The normalized spacial score (nSPS) is 22.9. The Bertz CT molecular complexity index is 259. The van der Waals surface area contributed by atoms with Crippen molar-refractivity contribution in [2.24, 2.45) is 5.41 Å². The van der Waals surface area contributed by atoms with E-state index in [0.29, 0.717) is 31.7 Å². The molecule has 0 radical (unpaired) electrons. The number of nitrogens with zero attached hydrogens (tertiary/aromatic N) is 1. The standard InChI is InChI=1S/C12H23NO5/c1-10-6-13(10)18-11(17)4-2-3-5-12(7-14,8-15)9-16/h10,14-16H,2-9H2,1H3. The second-order valence-electron chi connectivity index (χ2n) is 5.09. The van der Waals surface area contributed by atoms with Crippen molar-refractivity contribution >= 4 is 5.97 Å². The minimum Gasteiger partial charge on any atom is -0.396 e. The molecule has 18 heavy (non-hydrogen) atoms. The fourth-order valence-corrected chi connectivity index (χ4v) is 1.67. The fraction of sp³-hybridized carbons (Fsp3) is 0.917. The highest BCUT2D eigenvalue weighted by Crippen LogP contribution is 2.24. The first-order valence-corrected chi connectivity index (χ1v) is 6.37. The van der Waals surface area contributed by atoms with Gasteiger partial charge in [-0.2, -0.15) is 0 Å². The van der Waals surface area contributed by atoms with E-state index >= 15 is 0 Å². The third-order valence-corrected chi connectivity index (χ3v) is 3.37. The van der Waals surface area contributed by atoms with Gasteiger partial charge in [0.15, 0.2) is 0 Å². The molecule has 2 atom stereocenters. The third kappa shape index (κ3) is 4.53. The predicted molar refractivity (Wildman–Crippen MR) is 64.4 cm³/mol. The van der Waals surface area contributed by atoms with Crippen molar-refractivity contribution in [2.75, 3.05) is 26.4 Å². The molecular weight excluding hydrogens is 238 g/mol. The van der Waals surface area contributed by atoms with E-state index in [9.17, 15) is 4.79 Å². The van der Waals surface area contributed by atoms with Crippen molar-refractivity contribution in [1.82, 2.24) is 5.06 Å². The number of aliphatic hydroxyl groups is 3. The van der Waals surface area contributed by atoms with Crippen LogP contribution < -0.4 is 0 Å². The average molecular weight is 261 g/mol. The summed E-state index contributed by atoms with van der Waals surface area (Å²) in [5.74, 6) is -0.248. The minimum absolute atomic E-state index is 0.248. The van der Waals surface area contributed by atoms with Crippen LogP contribution in [-0.4, -0.2) is 58.8 Å². The maximum Gasteiger partial charge on any atom is 0.325 e. The van der Waals surface area contributed by atoms with Crippen LogP contribution in [0.1, 0.15) is 32.6 Å². The zero-order chi connectivity index (χ0) is 13.6. The minimum atomic E-state index is -0.835. The summed E-state index contributed by atoms with van der Waals surface area (Å²) in [5, 5.41) is 29.0. The molecule has 6 heteroatoms. The fourth-order valence-electron chi connectivity index (χ4n) is 1.67.